The first kappa shape index (κ1) is 30.3. The van der Waals surface area contributed by atoms with Gasteiger partial charge in [-0.05, 0) is 37.0 Å². The summed E-state index contributed by atoms with van der Waals surface area (Å²) >= 11 is 0. The van der Waals surface area contributed by atoms with Crippen molar-refractivity contribution in [3.05, 3.63) is 0 Å². The molecule has 190 valence electrons. The fourth-order valence-corrected chi connectivity index (χ4v) is 3.17. The number of nitrogens with one attached hydrogen (secondary N) is 3. The van der Waals surface area contributed by atoms with Gasteiger partial charge in [-0.2, -0.15) is 0 Å². The Labute approximate surface area is 195 Å². The number of carboxylic acids is 2. The van der Waals surface area contributed by atoms with E-state index in [-0.39, 0.29) is 24.7 Å². The van der Waals surface area contributed by atoms with E-state index in [1.54, 1.807) is 13.8 Å². The number of amides is 3. The summed E-state index contributed by atoms with van der Waals surface area (Å²) in [5, 5.41) is 25.8. The minimum Gasteiger partial charge on any atom is -0.481 e. The zero-order chi connectivity index (χ0) is 25.9. The number of rotatable bonds is 15. The van der Waals surface area contributed by atoms with Crippen molar-refractivity contribution < 1.29 is 34.2 Å². The van der Waals surface area contributed by atoms with E-state index in [0.29, 0.717) is 6.42 Å². The van der Waals surface area contributed by atoms with Crippen molar-refractivity contribution in [1.29, 1.82) is 0 Å². The zero-order valence-corrected chi connectivity index (χ0v) is 20.4. The van der Waals surface area contributed by atoms with Crippen molar-refractivity contribution in [2.75, 3.05) is 0 Å². The molecule has 7 N–H and O–H groups in total. The summed E-state index contributed by atoms with van der Waals surface area (Å²) in [6, 6.07) is -4.29. The lowest BCUT2D eigenvalue weighted by Gasteiger charge is -2.26. The summed E-state index contributed by atoms with van der Waals surface area (Å²) in [6.07, 6.45) is 0.0328. The molecular weight excluding hydrogens is 432 g/mol. The first-order chi connectivity index (χ1) is 15.1. The van der Waals surface area contributed by atoms with E-state index in [9.17, 15) is 29.1 Å². The lowest BCUT2D eigenvalue weighted by atomic mass is 9.99. The molecule has 3 amide bonds. The highest BCUT2D eigenvalue weighted by atomic mass is 16.4. The third-order valence-electron chi connectivity index (χ3n) is 4.91. The predicted molar refractivity (Wildman–Crippen MR) is 122 cm³/mol. The summed E-state index contributed by atoms with van der Waals surface area (Å²) in [7, 11) is 0. The Balaban J connectivity index is 5.56. The van der Waals surface area contributed by atoms with E-state index in [2.05, 4.69) is 16.0 Å². The first-order valence-corrected chi connectivity index (χ1v) is 11.3. The smallest absolute Gasteiger partial charge is 0.326 e. The maximum Gasteiger partial charge on any atom is 0.326 e. The van der Waals surface area contributed by atoms with E-state index in [1.165, 1.54) is 0 Å². The molecule has 0 aliphatic heterocycles. The molecular formula is C22H40N4O7. The second-order valence-corrected chi connectivity index (χ2v) is 9.49. The van der Waals surface area contributed by atoms with Gasteiger partial charge < -0.3 is 31.9 Å². The van der Waals surface area contributed by atoms with Crippen LogP contribution in [-0.4, -0.2) is 64.0 Å². The highest BCUT2D eigenvalue weighted by molar-refractivity contribution is 5.94. The molecule has 0 heterocycles. The van der Waals surface area contributed by atoms with Gasteiger partial charge in [0, 0.05) is 6.42 Å². The number of hydrogen-bond donors (Lipinski definition) is 6. The standard InChI is InChI=1S/C22H40N4O7/c1-11(2)9-14(23)19(29)25-16(10-12(3)4)21(31)24-15(7-8-17(27)28)20(30)26-18(13(5)6)22(32)33/h11-16,18H,7-10,23H2,1-6H3,(H,24,31)(H,25,29)(H,26,30)(H,27,28)(H,32,33). The molecule has 0 bridgehead atoms. The minimum absolute atomic E-state index is 0.0194. The van der Waals surface area contributed by atoms with Gasteiger partial charge in [0.1, 0.15) is 18.1 Å². The van der Waals surface area contributed by atoms with E-state index in [4.69, 9.17) is 10.8 Å². The molecule has 0 spiro atoms. The highest BCUT2D eigenvalue weighted by Gasteiger charge is 2.31. The minimum atomic E-state index is -1.29. The van der Waals surface area contributed by atoms with Crippen LogP contribution >= 0.6 is 0 Å². The largest absolute Gasteiger partial charge is 0.481 e. The Kier molecular flexibility index (Phi) is 13.3. The van der Waals surface area contributed by atoms with Crippen LogP contribution in [0.1, 0.15) is 67.2 Å². The summed E-state index contributed by atoms with van der Waals surface area (Å²) in [5.74, 6) is -4.63. The third-order valence-corrected chi connectivity index (χ3v) is 4.91. The molecule has 0 saturated heterocycles. The van der Waals surface area contributed by atoms with Gasteiger partial charge in [-0.3, -0.25) is 19.2 Å². The van der Waals surface area contributed by atoms with Crippen LogP contribution < -0.4 is 21.7 Å². The van der Waals surface area contributed by atoms with E-state index in [0.717, 1.165) is 0 Å². The molecule has 0 aromatic heterocycles. The van der Waals surface area contributed by atoms with E-state index >= 15 is 0 Å². The van der Waals surface area contributed by atoms with Crippen molar-refractivity contribution in [1.82, 2.24) is 16.0 Å². The topological polar surface area (TPSA) is 188 Å². The van der Waals surface area contributed by atoms with Crippen LogP contribution in [0.2, 0.25) is 0 Å². The van der Waals surface area contributed by atoms with Gasteiger partial charge in [0.15, 0.2) is 0 Å². The highest BCUT2D eigenvalue weighted by Crippen LogP contribution is 2.10. The van der Waals surface area contributed by atoms with Crippen LogP contribution in [0, 0.1) is 17.8 Å². The van der Waals surface area contributed by atoms with Crippen molar-refractivity contribution in [2.24, 2.45) is 23.5 Å². The molecule has 4 unspecified atom stereocenters. The number of carboxylic acid groups (broad SMARTS) is 2. The van der Waals surface area contributed by atoms with Crippen LogP contribution in [0.15, 0.2) is 0 Å². The summed E-state index contributed by atoms with van der Waals surface area (Å²) in [5.41, 5.74) is 5.91. The molecule has 0 saturated carbocycles. The fraction of sp³-hybridized carbons (Fsp3) is 0.773. The van der Waals surface area contributed by atoms with Crippen molar-refractivity contribution in [2.45, 2.75) is 91.4 Å². The van der Waals surface area contributed by atoms with Gasteiger partial charge in [0.2, 0.25) is 17.7 Å². The number of nitrogens with two attached hydrogens (primary N) is 1. The van der Waals surface area contributed by atoms with Crippen LogP contribution in [0.4, 0.5) is 0 Å². The molecule has 11 heteroatoms. The van der Waals surface area contributed by atoms with Gasteiger partial charge in [-0.1, -0.05) is 41.5 Å². The van der Waals surface area contributed by atoms with Gasteiger partial charge in [-0.15, -0.1) is 0 Å². The maximum atomic E-state index is 13.0. The molecule has 0 aliphatic carbocycles. The SMILES string of the molecule is CC(C)CC(N)C(=O)NC(CC(C)C)C(=O)NC(CCC(=O)O)C(=O)NC(C(=O)O)C(C)C. The van der Waals surface area contributed by atoms with Crippen molar-refractivity contribution >= 4 is 29.7 Å². The Morgan fingerprint density at radius 1 is 0.727 bits per heavy atom. The number of carbonyl (C=O) groups excluding carboxylic acids is 3. The molecule has 33 heavy (non-hydrogen) atoms. The molecule has 11 nitrogen and oxygen atoms in total. The molecule has 0 rings (SSSR count). The number of aliphatic carboxylic acids is 2. The van der Waals surface area contributed by atoms with Crippen LogP contribution in [-0.2, 0) is 24.0 Å². The second kappa shape index (κ2) is 14.5. The lowest BCUT2D eigenvalue weighted by molar-refractivity contribution is -0.144. The van der Waals surface area contributed by atoms with Gasteiger partial charge in [-0.25, -0.2) is 4.79 Å². The third kappa shape index (κ3) is 12.2. The normalized spacial score (nSPS) is 15.0. The van der Waals surface area contributed by atoms with Crippen molar-refractivity contribution in [3.8, 4) is 0 Å². The summed E-state index contributed by atoms with van der Waals surface area (Å²) in [6.45, 7) is 10.8. The molecule has 4 atom stereocenters. The molecule has 0 radical (unpaired) electrons. The van der Waals surface area contributed by atoms with Gasteiger partial charge >= 0.3 is 11.9 Å². The van der Waals surface area contributed by atoms with Crippen molar-refractivity contribution in [3.63, 3.8) is 0 Å². The Morgan fingerprint density at radius 2 is 1.21 bits per heavy atom. The predicted octanol–water partition coefficient (Wildman–Crippen LogP) is 0.466. The van der Waals surface area contributed by atoms with E-state index < -0.39 is 66.2 Å². The Hall–Kier alpha value is -2.69. The fourth-order valence-electron chi connectivity index (χ4n) is 3.17. The second-order valence-electron chi connectivity index (χ2n) is 9.49. The van der Waals surface area contributed by atoms with Crippen LogP contribution in [0.5, 0.6) is 0 Å². The molecule has 0 aliphatic rings. The maximum absolute atomic E-state index is 13.0. The summed E-state index contributed by atoms with van der Waals surface area (Å²) in [4.78, 5) is 60.6. The summed E-state index contributed by atoms with van der Waals surface area (Å²) < 4.78 is 0. The average molecular weight is 473 g/mol. The first-order valence-electron chi connectivity index (χ1n) is 11.3. The van der Waals surface area contributed by atoms with Crippen LogP contribution in [0.25, 0.3) is 0 Å². The monoisotopic (exact) mass is 472 g/mol. The Morgan fingerprint density at radius 3 is 1.64 bits per heavy atom. The Bertz CT molecular complexity index is 694. The number of carbonyl (C=O) groups is 5. The van der Waals surface area contributed by atoms with E-state index in [1.807, 2.05) is 27.7 Å². The molecule has 0 aromatic carbocycles. The zero-order valence-electron chi connectivity index (χ0n) is 20.4. The average Bonchev–Trinajstić information content (AvgIpc) is 2.66. The lowest BCUT2D eigenvalue weighted by Crippen LogP contribution is -2.58. The quantitative estimate of drug-likeness (QED) is 0.198. The van der Waals surface area contributed by atoms with Gasteiger partial charge in [0.25, 0.3) is 0 Å². The van der Waals surface area contributed by atoms with Crippen LogP contribution in [0.3, 0.4) is 0 Å². The molecule has 0 aromatic rings. The number of hydrogen-bond acceptors (Lipinski definition) is 6. The molecule has 0 fully saturated rings. The van der Waals surface area contributed by atoms with Gasteiger partial charge in [0.05, 0.1) is 6.04 Å².